The minimum Gasteiger partial charge on any atom is -0.406 e. The van der Waals surface area contributed by atoms with Crippen molar-refractivity contribution in [1.82, 2.24) is 10.6 Å². The molecule has 1 saturated heterocycles. The van der Waals surface area contributed by atoms with Crippen molar-refractivity contribution in [3.05, 3.63) is 29.8 Å². The van der Waals surface area contributed by atoms with E-state index >= 15 is 0 Å². The molecule has 0 atom stereocenters. The lowest BCUT2D eigenvalue weighted by molar-refractivity contribution is -0.274. The number of carbonyl (C=O) groups excluding carboxylic acids is 1. The molecule has 0 spiro atoms. The van der Waals surface area contributed by atoms with Crippen molar-refractivity contribution in [3.63, 3.8) is 0 Å². The second-order valence-corrected chi connectivity index (χ2v) is 5.97. The summed E-state index contributed by atoms with van der Waals surface area (Å²) in [4.78, 5) is 12.3. The van der Waals surface area contributed by atoms with Crippen LogP contribution in [0.2, 0.25) is 0 Å². The van der Waals surface area contributed by atoms with Gasteiger partial charge in [0.25, 0.3) is 0 Å². The number of rotatable bonds is 5. The number of nitrogens with one attached hydrogen (secondary N) is 2. The molecule has 0 unspecified atom stereocenters. The summed E-state index contributed by atoms with van der Waals surface area (Å²) in [5, 5.41) is 6.03. The lowest BCUT2D eigenvalue weighted by Crippen LogP contribution is -2.46. The van der Waals surface area contributed by atoms with Crippen molar-refractivity contribution in [2.24, 2.45) is 5.41 Å². The van der Waals surface area contributed by atoms with Crippen molar-refractivity contribution in [2.45, 2.75) is 32.5 Å². The molecule has 2 N–H and O–H groups in total. The highest BCUT2D eigenvalue weighted by atomic mass is 35.5. The van der Waals surface area contributed by atoms with Gasteiger partial charge in [0.1, 0.15) is 5.75 Å². The second kappa shape index (κ2) is 8.58. The van der Waals surface area contributed by atoms with Crippen molar-refractivity contribution >= 4 is 18.3 Å². The number of halogens is 4. The molecule has 0 aromatic heterocycles. The molecule has 136 valence electrons. The molecule has 1 heterocycles. The van der Waals surface area contributed by atoms with Crippen LogP contribution in [0, 0.1) is 5.41 Å². The van der Waals surface area contributed by atoms with Crippen molar-refractivity contribution in [3.8, 4) is 5.75 Å². The van der Waals surface area contributed by atoms with Crippen molar-refractivity contribution in [2.75, 3.05) is 19.6 Å². The Balaban J connectivity index is 0.00000288. The van der Waals surface area contributed by atoms with Gasteiger partial charge in [0.05, 0.1) is 0 Å². The third kappa shape index (κ3) is 5.87. The van der Waals surface area contributed by atoms with Crippen LogP contribution in [0.1, 0.15) is 25.3 Å². The average Bonchev–Trinajstić information content (AvgIpc) is 2.48. The summed E-state index contributed by atoms with van der Waals surface area (Å²) < 4.78 is 41.1. The first-order valence-electron chi connectivity index (χ1n) is 7.63. The lowest BCUT2D eigenvalue weighted by atomic mass is 9.80. The maximum atomic E-state index is 12.4. The number of hydrogen-bond donors (Lipinski definition) is 2. The SMILES string of the molecule is CC1(C(=O)NCCc2ccccc2OC(F)(F)F)CCNCC1.Cl. The van der Waals surface area contributed by atoms with E-state index in [-0.39, 0.29) is 37.0 Å². The molecule has 0 saturated carbocycles. The van der Waals surface area contributed by atoms with Crippen molar-refractivity contribution < 1.29 is 22.7 Å². The summed E-state index contributed by atoms with van der Waals surface area (Å²) in [6.07, 6.45) is -2.92. The van der Waals surface area contributed by atoms with Crippen LogP contribution >= 0.6 is 12.4 Å². The Hall–Kier alpha value is -1.47. The van der Waals surface area contributed by atoms with Gasteiger partial charge in [-0.2, -0.15) is 0 Å². The molecular weight excluding hydrogens is 345 g/mol. The van der Waals surface area contributed by atoms with Gasteiger partial charge in [0.15, 0.2) is 0 Å². The van der Waals surface area contributed by atoms with Gasteiger partial charge in [-0.3, -0.25) is 4.79 Å². The van der Waals surface area contributed by atoms with Gasteiger partial charge in [-0.05, 0) is 44.0 Å². The number of hydrogen-bond acceptors (Lipinski definition) is 3. The van der Waals surface area contributed by atoms with Gasteiger partial charge in [-0.25, -0.2) is 0 Å². The normalized spacial score (nSPS) is 16.8. The highest BCUT2D eigenvalue weighted by molar-refractivity contribution is 5.85. The third-order valence-electron chi connectivity index (χ3n) is 4.13. The monoisotopic (exact) mass is 366 g/mol. The molecule has 0 radical (unpaired) electrons. The van der Waals surface area contributed by atoms with E-state index in [0.29, 0.717) is 5.56 Å². The Kier molecular flexibility index (Phi) is 7.35. The van der Waals surface area contributed by atoms with Gasteiger partial charge in [-0.15, -0.1) is 25.6 Å². The minimum absolute atomic E-state index is 0. The van der Waals surface area contributed by atoms with E-state index in [1.807, 2.05) is 6.92 Å². The van der Waals surface area contributed by atoms with Crippen molar-refractivity contribution in [1.29, 1.82) is 0 Å². The number of amides is 1. The topological polar surface area (TPSA) is 50.4 Å². The van der Waals surface area contributed by atoms with E-state index in [4.69, 9.17) is 0 Å². The number of carbonyl (C=O) groups is 1. The highest BCUT2D eigenvalue weighted by Gasteiger charge is 2.34. The van der Waals surface area contributed by atoms with Crippen LogP contribution in [-0.2, 0) is 11.2 Å². The van der Waals surface area contributed by atoms with Crippen LogP contribution in [0.4, 0.5) is 13.2 Å². The Morgan fingerprint density at radius 3 is 2.54 bits per heavy atom. The number of ether oxygens (including phenoxy) is 1. The largest absolute Gasteiger partial charge is 0.573 e. The molecular formula is C16H22ClF3N2O2. The fraction of sp³-hybridized carbons (Fsp3) is 0.562. The van der Waals surface area contributed by atoms with Gasteiger partial charge < -0.3 is 15.4 Å². The van der Waals surface area contributed by atoms with Gasteiger partial charge in [-0.1, -0.05) is 25.1 Å². The first kappa shape index (κ1) is 20.6. The van der Waals surface area contributed by atoms with Crippen LogP contribution in [0.15, 0.2) is 24.3 Å². The maximum Gasteiger partial charge on any atom is 0.573 e. The maximum absolute atomic E-state index is 12.4. The number of alkyl halides is 3. The molecule has 2 rings (SSSR count). The smallest absolute Gasteiger partial charge is 0.406 e. The summed E-state index contributed by atoms with van der Waals surface area (Å²) in [5.41, 5.74) is 0.00773. The van der Waals surface area contributed by atoms with E-state index < -0.39 is 11.8 Å². The van der Waals surface area contributed by atoms with Crippen LogP contribution in [-0.4, -0.2) is 31.9 Å². The molecule has 0 bridgehead atoms. The molecule has 1 aliphatic heterocycles. The van der Waals surface area contributed by atoms with E-state index in [1.54, 1.807) is 12.1 Å². The average molecular weight is 367 g/mol. The van der Waals surface area contributed by atoms with E-state index in [1.165, 1.54) is 12.1 Å². The standard InChI is InChI=1S/C16H21F3N2O2.ClH/c1-15(7-10-20-11-8-15)14(22)21-9-6-12-4-2-3-5-13(12)23-16(17,18)19;/h2-5,20H,6-11H2,1H3,(H,21,22);1H. The molecule has 24 heavy (non-hydrogen) atoms. The molecule has 4 nitrogen and oxygen atoms in total. The Morgan fingerprint density at radius 1 is 1.29 bits per heavy atom. The molecule has 1 fully saturated rings. The number of para-hydroxylation sites is 1. The Labute approximate surface area is 145 Å². The van der Waals surface area contributed by atoms with E-state index in [2.05, 4.69) is 15.4 Å². The fourth-order valence-corrected chi connectivity index (χ4v) is 2.66. The Bertz CT molecular complexity index is 546. The van der Waals surface area contributed by atoms with Crippen LogP contribution in [0.5, 0.6) is 5.75 Å². The summed E-state index contributed by atoms with van der Waals surface area (Å²) >= 11 is 0. The molecule has 1 amide bonds. The van der Waals surface area contributed by atoms with Crippen LogP contribution in [0.25, 0.3) is 0 Å². The molecule has 8 heteroatoms. The summed E-state index contributed by atoms with van der Waals surface area (Å²) in [7, 11) is 0. The first-order chi connectivity index (χ1) is 10.8. The summed E-state index contributed by atoms with van der Waals surface area (Å²) in [6, 6.07) is 5.98. The second-order valence-electron chi connectivity index (χ2n) is 5.97. The Morgan fingerprint density at radius 2 is 1.92 bits per heavy atom. The third-order valence-corrected chi connectivity index (χ3v) is 4.13. The van der Waals surface area contributed by atoms with Crippen LogP contribution in [0.3, 0.4) is 0 Å². The predicted octanol–water partition coefficient (Wildman–Crippen LogP) is 3.06. The summed E-state index contributed by atoms with van der Waals surface area (Å²) in [6.45, 7) is 3.79. The number of piperidine rings is 1. The first-order valence-corrected chi connectivity index (χ1v) is 7.63. The zero-order valence-corrected chi connectivity index (χ0v) is 14.2. The van der Waals surface area contributed by atoms with Crippen LogP contribution < -0.4 is 15.4 Å². The fourth-order valence-electron chi connectivity index (χ4n) is 2.66. The quantitative estimate of drug-likeness (QED) is 0.842. The molecule has 1 aromatic carbocycles. The zero-order chi connectivity index (χ0) is 16.9. The minimum atomic E-state index is -4.72. The molecule has 1 aromatic rings. The predicted molar refractivity (Wildman–Crippen MR) is 87.3 cm³/mol. The molecule has 1 aliphatic rings. The lowest BCUT2D eigenvalue weighted by Gasteiger charge is -2.32. The molecule has 0 aliphatic carbocycles. The van der Waals surface area contributed by atoms with Gasteiger partial charge in [0, 0.05) is 12.0 Å². The summed E-state index contributed by atoms with van der Waals surface area (Å²) in [5.74, 6) is -0.268. The van der Waals surface area contributed by atoms with E-state index in [0.717, 1.165) is 25.9 Å². The van der Waals surface area contributed by atoms with Gasteiger partial charge >= 0.3 is 6.36 Å². The van der Waals surface area contributed by atoms with Gasteiger partial charge in [0.2, 0.25) is 5.91 Å². The number of benzene rings is 1. The zero-order valence-electron chi connectivity index (χ0n) is 13.4. The van der Waals surface area contributed by atoms with E-state index in [9.17, 15) is 18.0 Å². The highest BCUT2D eigenvalue weighted by Crippen LogP contribution is 2.28.